The van der Waals surface area contributed by atoms with Crippen LogP contribution in [0.3, 0.4) is 0 Å². The summed E-state index contributed by atoms with van der Waals surface area (Å²) in [7, 11) is 0. The van der Waals surface area contributed by atoms with Gasteiger partial charge in [0.2, 0.25) is 5.43 Å². The smallest absolute Gasteiger partial charge is 0.296 e. The lowest BCUT2D eigenvalue weighted by atomic mass is 9.96. The number of hydrogen-bond donors (Lipinski definition) is 2. The Morgan fingerprint density at radius 3 is 2.80 bits per heavy atom. The van der Waals surface area contributed by atoms with Crippen LogP contribution in [0.15, 0.2) is 15.7 Å². The summed E-state index contributed by atoms with van der Waals surface area (Å²) in [5.41, 5.74) is 0.293. The zero-order chi connectivity index (χ0) is 10.6. The average Bonchev–Trinajstić information content (AvgIpc) is 2.74. The molecular weight excluding hydrogens is 194 g/mol. The van der Waals surface area contributed by atoms with Gasteiger partial charge in [-0.05, 0) is 25.2 Å². The van der Waals surface area contributed by atoms with Crippen LogP contribution in [0.5, 0.6) is 5.75 Å². The van der Waals surface area contributed by atoms with E-state index in [2.05, 4.69) is 4.98 Å². The van der Waals surface area contributed by atoms with E-state index in [-0.39, 0.29) is 5.75 Å². The number of H-pyrrole nitrogens is 1. The van der Waals surface area contributed by atoms with Crippen LogP contribution in [0, 0.1) is 0 Å². The molecule has 0 saturated heterocycles. The highest BCUT2D eigenvalue weighted by atomic mass is 16.3. The highest BCUT2D eigenvalue weighted by Crippen LogP contribution is 2.53. The molecule has 1 heterocycles. The molecule has 0 spiro atoms. The van der Waals surface area contributed by atoms with Crippen molar-refractivity contribution in [2.24, 2.45) is 0 Å². The topological polar surface area (TPSA) is 70.2 Å². The van der Waals surface area contributed by atoms with Crippen LogP contribution in [0.4, 0.5) is 0 Å². The zero-order valence-electron chi connectivity index (χ0n) is 8.12. The van der Waals surface area contributed by atoms with Crippen molar-refractivity contribution >= 4 is 0 Å². The molecule has 1 aromatic rings. The second-order valence-corrected chi connectivity index (χ2v) is 4.38. The fourth-order valence-electron chi connectivity index (χ4n) is 2.91. The van der Waals surface area contributed by atoms with Gasteiger partial charge in [-0.2, -0.15) is 0 Å². The minimum absolute atomic E-state index is 0.0134. The third kappa shape index (κ3) is 1.07. The minimum Gasteiger partial charge on any atom is -0.507 e. The van der Waals surface area contributed by atoms with E-state index in [9.17, 15) is 14.7 Å². The Morgan fingerprint density at radius 2 is 2.00 bits per heavy atom. The van der Waals surface area contributed by atoms with Crippen molar-refractivity contribution in [1.82, 2.24) is 4.98 Å². The molecule has 78 valence electrons. The van der Waals surface area contributed by atoms with Crippen molar-refractivity contribution in [1.29, 1.82) is 0 Å². The lowest BCUT2D eigenvalue weighted by Crippen LogP contribution is -2.23. The first-order valence-electron chi connectivity index (χ1n) is 5.17. The Morgan fingerprint density at radius 1 is 1.27 bits per heavy atom. The Bertz CT molecular complexity index is 547. The predicted octanol–water partition coefficient (Wildman–Crippen LogP) is 0.805. The lowest BCUT2D eigenvalue weighted by molar-refractivity contribution is 0.462. The van der Waals surface area contributed by atoms with E-state index in [1.165, 1.54) is 0 Å². The molecule has 4 nitrogen and oxygen atoms in total. The fraction of sp³-hybridized carbons (Fsp3) is 0.455. The maximum atomic E-state index is 11.3. The van der Waals surface area contributed by atoms with Crippen LogP contribution in [-0.2, 0) is 0 Å². The van der Waals surface area contributed by atoms with Crippen LogP contribution in [0.25, 0.3) is 0 Å². The molecule has 0 aromatic carbocycles. The molecule has 1 aromatic heterocycles. The van der Waals surface area contributed by atoms with Crippen LogP contribution >= 0.6 is 0 Å². The molecule has 0 amide bonds. The Balaban J connectivity index is 2.42. The SMILES string of the molecule is O=c1cc(O)c2c([nH]c1=O)C1CCC2C1. The van der Waals surface area contributed by atoms with Gasteiger partial charge in [0.25, 0.3) is 5.56 Å². The summed E-state index contributed by atoms with van der Waals surface area (Å²) in [5.74, 6) is 0.642. The summed E-state index contributed by atoms with van der Waals surface area (Å²) < 4.78 is 0. The average molecular weight is 205 g/mol. The van der Waals surface area contributed by atoms with E-state index >= 15 is 0 Å². The number of fused-ring (bicyclic) bond motifs is 5. The first kappa shape index (κ1) is 8.71. The van der Waals surface area contributed by atoms with Crippen molar-refractivity contribution in [3.63, 3.8) is 0 Å². The first-order chi connectivity index (χ1) is 7.16. The van der Waals surface area contributed by atoms with Crippen LogP contribution in [-0.4, -0.2) is 10.1 Å². The third-order valence-electron chi connectivity index (χ3n) is 3.56. The quantitative estimate of drug-likeness (QED) is 0.615. The van der Waals surface area contributed by atoms with Gasteiger partial charge in [-0.1, -0.05) is 0 Å². The highest BCUT2D eigenvalue weighted by Gasteiger charge is 2.39. The van der Waals surface area contributed by atoms with Crippen LogP contribution in [0.2, 0.25) is 0 Å². The van der Waals surface area contributed by atoms with Gasteiger partial charge in [-0.25, -0.2) is 0 Å². The molecule has 0 aliphatic heterocycles. The van der Waals surface area contributed by atoms with Gasteiger partial charge in [0.1, 0.15) is 5.75 Å². The maximum Gasteiger partial charge on any atom is 0.296 e. The number of nitrogens with one attached hydrogen (secondary N) is 1. The Hall–Kier alpha value is -1.58. The zero-order valence-corrected chi connectivity index (χ0v) is 8.12. The number of aromatic amines is 1. The predicted molar refractivity (Wildman–Crippen MR) is 54.3 cm³/mol. The van der Waals surface area contributed by atoms with Crippen molar-refractivity contribution < 1.29 is 5.11 Å². The molecule has 0 radical (unpaired) electrons. The fourth-order valence-corrected chi connectivity index (χ4v) is 2.91. The van der Waals surface area contributed by atoms with Gasteiger partial charge in [0, 0.05) is 23.2 Å². The standard InChI is InChI=1S/C11H11NO3/c13-7-4-8(14)11(15)12-10-6-2-1-5(3-6)9(7)10/h4-6,13H,1-3H2,(H,12,14,15). The molecule has 2 unspecified atom stereocenters. The summed E-state index contributed by atoms with van der Waals surface area (Å²) in [6.45, 7) is 0. The maximum absolute atomic E-state index is 11.3. The Labute approximate surface area is 85.6 Å². The second-order valence-electron chi connectivity index (χ2n) is 4.38. The van der Waals surface area contributed by atoms with E-state index < -0.39 is 11.0 Å². The third-order valence-corrected chi connectivity index (χ3v) is 3.56. The summed E-state index contributed by atoms with van der Waals surface area (Å²) in [5, 5.41) is 9.76. The molecule has 2 aliphatic rings. The van der Waals surface area contributed by atoms with E-state index in [1.54, 1.807) is 0 Å². The Kier molecular flexibility index (Phi) is 1.58. The van der Waals surface area contributed by atoms with Gasteiger partial charge in [-0.15, -0.1) is 0 Å². The molecule has 4 heteroatoms. The van der Waals surface area contributed by atoms with Gasteiger partial charge in [0.15, 0.2) is 0 Å². The number of aromatic nitrogens is 1. The van der Waals surface area contributed by atoms with Crippen LogP contribution < -0.4 is 11.0 Å². The van der Waals surface area contributed by atoms with Gasteiger partial charge in [0.05, 0.1) is 0 Å². The van der Waals surface area contributed by atoms with Crippen molar-refractivity contribution in [3.05, 3.63) is 37.9 Å². The number of hydrogen-bond acceptors (Lipinski definition) is 3. The van der Waals surface area contributed by atoms with E-state index in [4.69, 9.17) is 0 Å². The van der Waals surface area contributed by atoms with Crippen molar-refractivity contribution in [2.75, 3.05) is 0 Å². The van der Waals surface area contributed by atoms with Crippen molar-refractivity contribution in [2.45, 2.75) is 31.1 Å². The van der Waals surface area contributed by atoms with E-state index in [0.717, 1.165) is 36.6 Å². The molecule has 2 aliphatic carbocycles. The molecule has 1 saturated carbocycles. The van der Waals surface area contributed by atoms with Gasteiger partial charge < -0.3 is 10.1 Å². The molecule has 2 bridgehead atoms. The highest BCUT2D eigenvalue weighted by molar-refractivity contribution is 5.44. The normalized spacial score (nSPS) is 26.7. The molecule has 2 N–H and O–H groups in total. The van der Waals surface area contributed by atoms with Crippen LogP contribution in [0.1, 0.15) is 42.4 Å². The van der Waals surface area contributed by atoms with Gasteiger partial charge in [-0.3, -0.25) is 9.59 Å². The molecule has 2 atom stereocenters. The molecule has 3 rings (SSSR count). The summed E-state index contributed by atoms with van der Waals surface area (Å²) in [6, 6.07) is 1.04. The number of rotatable bonds is 0. The molecule has 1 fully saturated rings. The molecular formula is C11H11NO3. The van der Waals surface area contributed by atoms with Crippen molar-refractivity contribution in [3.8, 4) is 5.75 Å². The largest absolute Gasteiger partial charge is 0.507 e. The summed E-state index contributed by atoms with van der Waals surface area (Å²) >= 11 is 0. The second kappa shape index (κ2) is 2.72. The van der Waals surface area contributed by atoms with Gasteiger partial charge >= 0.3 is 0 Å². The summed E-state index contributed by atoms with van der Waals surface area (Å²) in [4.78, 5) is 25.2. The number of aromatic hydroxyl groups is 1. The van der Waals surface area contributed by atoms with E-state index in [1.807, 2.05) is 0 Å². The molecule has 15 heavy (non-hydrogen) atoms. The van der Waals surface area contributed by atoms with E-state index in [0.29, 0.717) is 11.8 Å². The minimum atomic E-state index is -0.665. The summed E-state index contributed by atoms with van der Waals surface area (Å²) in [6.07, 6.45) is 3.09. The lowest BCUT2D eigenvalue weighted by Gasteiger charge is -2.12. The monoisotopic (exact) mass is 205 g/mol. The first-order valence-corrected chi connectivity index (χ1v) is 5.17.